The van der Waals surface area contributed by atoms with E-state index in [0.29, 0.717) is 0 Å². The van der Waals surface area contributed by atoms with Crippen molar-refractivity contribution in [1.29, 1.82) is 0 Å². The Morgan fingerprint density at radius 1 is 1.47 bits per heavy atom. The average Bonchev–Trinajstić information content (AvgIpc) is 2.84. The number of hydrogen-bond donors (Lipinski definition) is 2. The van der Waals surface area contributed by atoms with E-state index in [4.69, 9.17) is 10.8 Å². The third-order valence-corrected chi connectivity index (χ3v) is 2.84. The Labute approximate surface area is 103 Å². The van der Waals surface area contributed by atoms with Crippen LogP contribution in [0.1, 0.15) is 46.5 Å². The normalized spacial score (nSPS) is 20.5. The number of carbonyl (C=O) groups excluding carboxylic acids is 1. The first kappa shape index (κ1) is 15.7. The second kappa shape index (κ2) is 7.09. The van der Waals surface area contributed by atoms with Crippen LogP contribution in [0.4, 0.5) is 0 Å². The molecule has 98 valence electrons. The number of allylic oxidation sites excluding steroid dienone is 1. The Morgan fingerprint density at radius 2 is 2.00 bits per heavy atom. The molecule has 0 unspecified atom stereocenters. The fraction of sp³-hybridized carbons (Fsp3) is 0.692. The summed E-state index contributed by atoms with van der Waals surface area (Å²) in [6, 6.07) is 0. The van der Waals surface area contributed by atoms with Gasteiger partial charge in [0.15, 0.2) is 0 Å². The molecular formula is C13H23NO3. The standard InChI is InChI=1S/C7H12O2.C6H11NO/c1-2-3-4-5-6-7(8)9;1-6(2)3-4(6)5(7)8/h5-6H,2-4H2,1H3,(H,8,9);4H,3H2,1-2H3,(H2,7,8)/t;4-/m.1/s1. The highest BCUT2D eigenvalue weighted by Crippen LogP contribution is 2.51. The molecule has 0 bridgehead atoms. The fourth-order valence-electron chi connectivity index (χ4n) is 1.46. The number of amides is 1. The quantitative estimate of drug-likeness (QED) is 0.572. The van der Waals surface area contributed by atoms with Crippen molar-refractivity contribution in [3.63, 3.8) is 0 Å². The number of carbonyl (C=O) groups is 2. The van der Waals surface area contributed by atoms with Gasteiger partial charge in [0.2, 0.25) is 5.91 Å². The first-order valence-corrected chi connectivity index (χ1v) is 6.00. The lowest BCUT2D eigenvalue weighted by Gasteiger charge is -1.95. The van der Waals surface area contributed by atoms with Gasteiger partial charge in [-0.1, -0.05) is 39.7 Å². The molecule has 0 spiro atoms. The highest BCUT2D eigenvalue weighted by molar-refractivity contribution is 5.80. The second-order valence-electron chi connectivity index (χ2n) is 5.03. The molecule has 1 aliphatic carbocycles. The zero-order chi connectivity index (χ0) is 13.5. The lowest BCUT2D eigenvalue weighted by molar-refractivity contribution is -0.131. The average molecular weight is 241 g/mol. The minimum absolute atomic E-state index is 0.144. The summed E-state index contributed by atoms with van der Waals surface area (Å²) >= 11 is 0. The largest absolute Gasteiger partial charge is 0.478 e. The molecular weight excluding hydrogens is 218 g/mol. The number of rotatable bonds is 5. The van der Waals surface area contributed by atoms with Crippen molar-refractivity contribution in [2.75, 3.05) is 0 Å². The van der Waals surface area contributed by atoms with Crippen LogP contribution < -0.4 is 5.73 Å². The molecule has 0 heterocycles. The SMILES string of the molecule is CC1(C)C[C@@H]1C(N)=O.CCCCC=CC(=O)O. The maximum absolute atomic E-state index is 10.4. The maximum atomic E-state index is 10.4. The number of carboxylic acids is 1. The molecule has 0 aliphatic heterocycles. The van der Waals surface area contributed by atoms with Gasteiger partial charge in [-0.05, 0) is 18.3 Å². The van der Waals surface area contributed by atoms with Gasteiger partial charge in [0.25, 0.3) is 0 Å². The fourth-order valence-corrected chi connectivity index (χ4v) is 1.46. The number of aliphatic carboxylic acids is 1. The van der Waals surface area contributed by atoms with Gasteiger partial charge in [0, 0.05) is 12.0 Å². The van der Waals surface area contributed by atoms with E-state index in [0.717, 1.165) is 25.7 Å². The topological polar surface area (TPSA) is 80.4 Å². The van der Waals surface area contributed by atoms with Crippen LogP contribution in [-0.4, -0.2) is 17.0 Å². The molecule has 4 nitrogen and oxygen atoms in total. The summed E-state index contributed by atoms with van der Waals surface area (Å²) in [4.78, 5) is 20.3. The van der Waals surface area contributed by atoms with Gasteiger partial charge in [-0.15, -0.1) is 0 Å². The van der Waals surface area contributed by atoms with Crippen molar-refractivity contribution in [1.82, 2.24) is 0 Å². The van der Waals surface area contributed by atoms with Gasteiger partial charge in [0.05, 0.1) is 0 Å². The van der Waals surface area contributed by atoms with Crippen LogP contribution in [0.5, 0.6) is 0 Å². The lowest BCUT2D eigenvalue weighted by Crippen LogP contribution is -2.15. The molecule has 3 N–H and O–H groups in total. The summed E-state index contributed by atoms with van der Waals surface area (Å²) in [6.07, 6.45) is 6.92. The van der Waals surface area contributed by atoms with Crippen molar-refractivity contribution in [3.8, 4) is 0 Å². The predicted octanol–water partition coefficient (Wildman–Crippen LogP) is 2.34. The van der Waals surface area contributed by atoms with Crippen LogP contribution in [0.25, 0.3) is 0 Å². The molecule has 0 aromatic carbocycles. The summed E-state index contributed by atoms with van der Waals surface area (Å²) in [7, 11) is 0. The Hall–Kier alpha value is -1.32. The smallest absolute Gasteiger partial charge is 0.327 e. The van der Waals surface area contributed by atoms with Gasteiger partial charge >= 0.3 is 5.97 Å². The molecule has 1 atom stereocenters. The van der Waals surface area contributed by atoms with E-state index in [9.17, 15) is 9.59 Å². The Morgan fingerprint density at radius 3 is 2.24 bits per heavy atom. The Bertz CT molecular complexity index is 295. The van der Waals surface area contributed by atoms with Crippen molar-refractivity contribution in [2.45, 2.75) is 46.5 Å². The van der Waals surface area contributed by atoms with Gasteiger partial charge < -0.3 is 10.8 Å². The van der Waals surface area contributed by atoms with E-state index in [1.54, 1.807) is 6.08 Å². The minimum atomic E-state index is -0.855. The molecule has 1 amide bonds. The van der Waals surface area contributed by atoms with E-state index in [2.05, 4.69) is 20.8 Å². The lowest BCUT2D eigenvalue weighted by atomic mass is 10.1. The second-order valence-corrected chi connectivity index (χ2v) is 5.03. The summed E-state index contributed by atoms with van der Waals surface area (Å²) < 4.78 is 0. The van der Waals surface area contributed by atoms with Crippen molar-refractivity contribution >= 4 is 11.9 Å². The molecule has 1 saturated carbocycles. The van der Waals surface area contributed by atoms with Crippen molar-refractivity contribution in [2.24, 2.45) is 17.1 Å². The summed E-state index contributed by atoms with van der Waals surface area (Å²) in [5.41, 5.74) is 5.25. The molecule has 0 aromatic rings. The highest BCUT2D eigenvalue weighted by Gasteiger charge is 2.49. The molecule has 17 heavy (non-hydrogen) atoms. The van der Waals surface area contributed by atoms with E-state index in [1.807, 2.05) is 0 Å². The van der Waals surface area contributed by atoms with E-state index in [1.165, 1.54) is 6.08 Å². The van der Waals surface area contributed by atoms with E-state index < -0.39 is 5.97 Å². The molecule has 1 rings (SSSR count). The number of hydrogen-bond acceptors (Lipinski definition) is 2. The van der Waals surface area contributed by atoms with Crippen LogP contribution in [0.15, 0.2) is 12.2 Å². The van der Waals surface area contributed by atoms with Crippen LogP contribution in [0.2, 0.25) is 0 Å². The summed E-state index contributed by atoms with van der Waals surface area (Å²) in [6.45, 7) is 6.19. The number of unbranched alkanes of at least 4 members (excludes halogenated alkanes) is 2. The monoisotopic (exact) mass is 241 g/mol. The van der Waals surface area contributed by atoms with Gasteiger partial charge in [-0.25, -0.2) is 4.79 Å². The van der Waals surface area contributed by atoms with Gasteiger partial charge in [-0.3, -0.25) is 4.79 Å². The highest BCUT2D eigenvalue weighted by atomic mass is 16.4. The van der Waals surface area contributed by atoms with Crippen LogP contribution >= 0.6 is 0 Å². The molecule has 0 saturated heterocycles. The molecule has 1 aliphatic rings. The third kappa shape index (κ3) is 7.55. The number of primary amides is 1. The zero-order valence-corrected chi connectivity index (χ0v) is 10.9. The summed E-state index contributed by atoms with van der Waals surface area (Å²) in [5, 5.41) is 8.13. The molecule has 0 radical (unpaired) electrons. The van der Waals surface area contributed by atoms with E-state index >= 15 is 0 Å². The van der Waals surface area contributed by atoms with Crippen LogP contribution in [0, 0.1) is 11.3 Å². The molecule has 1 fully saturated rings. The maximum Gasteiger partial charge on any atom is 0.327 e. The molecule has 4 heteroatoms. The first-order valence-electron chi connectivity index (χ1n) is 6.00. The van der Waals surface area contributed by atoms with Crippen molar-refractivity contribution < 1.29 is 14.7 Å². The Balaban J connectivity index is 0.000000302. The first-order chi connectivity index (χ1) is 7.81. The van der Waals surface area contributed by atoms with Crippen LogP contribution in [-0.2, 0) is 9.59 Å². The van der Waals surface area contributed by atoms with E-state index in [-0.39, 0.29) is 17.2 Å². The van der Waals surface area contributed by atoms with Gasteiger partial charge in [-0.2, -0.15) is 0 Å². The summed E-state index contributed by atoms with van der Waals surface area (Å²) in [5.74, 6) is -0.844. The minimum Gasteiger partial charge on any atom is -0.478 e. The Kier molecular flexibility index (Phi) is 6.54. The number of carboxylic acid groups (broad SMARTS) is 1. The number of nitrogens with two attached hydrogens (primary N) is 1. The predicted molar refractivity (Wildman–Crippen MR) is 67.4 cm³/mol. The van der Waals surface area contributed by atoms with Gasteiger partial charge in [0.1, 0.15) is 0 Å². The van der Waals surface area contributed by atoms with Crippen molar-refractivity contribution in [3.05, 3.63) is 12.2 Å². The zero-order valence-electron chi connectivity index (χ0n) is 10.9. The third-order valence-electron chi connectivity index (χ3n) is 2.84. The molecule has 0 aromatic heterocycles. The van der Waals surface area contributed by atoms with Crippen LogP contribution in [0.3, 0.4) is 0 Å².